The van der Waals surface area contributed by atoms with E-state index in [1.165, 1.54) is 31.0 Å². The number of thioether (sulfide) groups is 1. The number of nitrogens with one attached hydrogen (secondary N) is 2. The molecule has 0 heterocycles. The Balaban J connectivity index is 2.69. The van der Waals surface area contributed by atoms with E-state index in [1.54, 1.807) is 24.1 Å². The van der Waals surface area contributed by atoms with Gasteiger partial charge in [0, 0.05) is 13.1 Å². The number of rotatable bonds is 12. The molecule has 0 saturated carbocycles. The molecular formula is C18H29N3O5S2. The number of aryl methyl sites for hydroxylation is 1. The van der Waals surface area contributed by atoms with E-state index in [4.69, 9.17) is 0 Å². The van der Waals surface area contributed by atoms with Gasteiger partial charge in [-0.3, -0.25) is 14.5 Å². The first-order valence-electron chi connectivity index (χ1n) is 8.80. The van der Waals surface area contributed by atoms with Crippen molar-refractivity contribution in [1.82, 2.24) is 14.9 Å². The summed E-state index contributed by atoms with van der Waals surface area (Å²) in [5, 5.41) is 2.73. The lowest BCUT2D eigenvalue weighted by atomic mass is 10.2. The van der Waals surface area contributed by atoms with Gasteiger partial charge >= 0.3 is 5.97 Å². The topological polar surface area (TPSA) is 105 Å². The van der Waals surface area contributed by atoms with Crippen LogP contribution in [-0.2, 0) is 24.3 Å². The highest BCUT2D eigenvalue weighted by atomic mass is 32.2. The second-order valence-corrected chi connectivity index (χ2v) is 9.07. The van der Waals surface area contributed by atoms with Crippen molar-refractivity contribution >= 4 is 33.7 Å². The van der Waals surface area contributed by atoms with Crippen molar-refractivity contribution in [2.24, 2.45) is 0 Å². The summed E-state index contributed by atoms with van der Waals surface area (Å²) in [6, 6.07) is 5.58. The van der Waals surface area contributed by atoms with Gasteiger partial charge in [-0.2, -0.15) is 16.5 Å². The van der Waals surface area contributed by atoms with Gasteiger partial charge in [0.2, 0.25) is 15.9 Å². The third kappa shape index (κ3) is 8.59. The SMILES string of the molecule is COC(=O)CN(C)CCNC(=O)[C@@H](CCSC)NS(=O)(=O)c1ccc(C)cc1. The van der Waals surface area contributed by atoms with E-state index in [0.29, 0.717) is 18.7 Å². The molecule has 1 atom stereocenters. The summed E-state index contributed by atoms with van der Waals surface area (Å²) < 4.78 is 32.3. The van der Waals surface area contributed by atoms with Gasteiger partial charge in [-0.25, -0.2) is 8.42 Å². The number of hydrogen-bond donors (Lipinski definition) is 2. The zero-order valence-electron chi connectivity index (χ0n) is 16.7. The summed E-state index contributed by atoms with van der Waals surface area (Å²) in [5.41, 5.74) is 0.951. The number of hydrogen-bond acceptors (Lipinski definition) is 7. The fourth-order valence-corrected chi connectivity index (χ4v) is 4.01. The van der Waals surface area contributed by atoms with Gasteiger partial charge in [0.15, 0.2) is 0 Å². The molecule has 0 aliphatic rings. The predicted molar refractivity (Wildman–Crippen MR) is 111 cm³/mol. The number of amides is 1. The van der Waals surface area contributed by atoms with Crippen molar-refractivity contribution in [2.75, 3.05) is 45.8 Å². The molecule has 1 amide bonds. The van der Waals surface area contributed by atoms with Gasteiger partial charge in [-0.15, -0.1) is 0 Å². The van der Waals surface area contributed by atoms with Gasteiger partial charge in [-0.05, 0) is 44.5 Å². The number of methoxy groups -OCH3 is 1. The molecule has 0 saturated heterocycles. The average molecular weight is 432 g/mol. The Kier molecular flexibility index (Phi) is 10.5. The van der Waals surface area contributed by atoms with Crippen molar-refractivity contribution in [3.05, 3.63) is 29.8 Å². The molecule has 0 unspecified atom stereocenters. The largest absolute Gasteiger partial charge is 0.468 e. The first-order valence-corrected chi connectivity index (χ1v) is 11.7. The molecule has 1 aromatic rings. The summed E-state index contributed by atoms with van der Waals surface area (Å²) in [7, 11) is -0.760. The molecule has 0 aromatic heterocycles. The lowest BCUT2D eigenvalue weighted by molar-refractivity contribution is -0.141. The Hall–Kier alpha value is -1.62. The van der Waals surface area contributed by atoms with Crippen LogP contribution >= 0.6 is 11.8 Å². The van der Waals surface area contributed by atoms with Gasteiger partial charge < -0.3 is 10.1 Å². The molecule has 0 spiro atoms. The monoisotopic (exact) mass is 431 g/mol. The van der Waals surface area contributed by atoms with E-state index in [1.807, 2.05) is 13.2 Å². The standard InChI is InChI=1S/C18H29N3O5S2/c1-14-5-7-15(8-6-14)28(24,25)20-16(9-12-27-4)18(23)19-10-11-21(2)13-17(22)26-3/h5-8,16,20H,9-13H2,1-4H3,(H,19,23)/t16-/m1/s1. The van der Waals surface area contributed by atoms with E-state index in [0.717, 1.165) is 5.56 Å². The molecule has 0 fully saturated rings. The molecule has 0 aliphatic carbocycles. The maximum absolute atomic E-state index is 12.6. The zero-order valence-corrected chi connectivity index (χ0v) is 18.4. The van der Waals surface area contributed by atoms with Crippen LogP contribution in [0.25, 0.3) is 0 Å². The minimum absolute atomic E-state index is 0.113. The molecule has 8 nitrogen and oxygen atoms in total. The minimum Gasteiger partial charge on any atom is -0.468 e. The Morgan fingerprint density at radius 1 is 1.25 bits per heavy atom. The lowest BCUT2D eigenvalue weighted by Crippen LogP contribution is -2.48. The van der Waals surface area contributed by atoms with Crippen molar-refractivity contribution in [2.45, 2.75) is 24.3 Å². The highest BCUT2D eigenvalue weighted by Gasteiger charge is 2.25. The van der Waals surface area contributed by atoms with Crippen LogP contribution in [0.15, 0.2) is 29.2 Å². The van der Waals surface area contributed by atoms with Gasteiger partial charge in [0.25, 0.3) is 0 Å². The molecule has 0 aliphatic heterocycles. The van der Waals surface area contributed by atoms with Crippen molar-refractivity contribution in [3.63, 3.8) is 0 Å². The van der Waals surface area contributed by atoms with Gasteiger partial charge in [-0.1, -0.05) is 17.7 Å². The summed E-state index contributed by atoms with van der Waals surface area (Å²) >= 11 is 1.53. The third-order valence-corrected chi connectivity index (χ3v) is 6.11. The van der Waals surface area contributed by atoms with Crippen molar-refractivity contribution in [3.8, 4) is 0 Å². The first-order chi connectivity index (χ1) is 13.2. The Morgan fingerprint density at radius 2 is 1.89 bits per heavy atom. The molecule has 158 valence electrons. The zero-order chi connectivity index (χ0) is 21.2. The summed E-state index contributed by atoms with van der Waals surface area (Å²) in [6.45, 7) is 2.70. The van der Waals surface area contributed by atoms with Crippen LogP contribution in [0.2, 0.25) is 0 Å². The molecule has 0 bridgehead atoms. The van der Waals surface area contributed by atoms with E-state index < -0.39 is 22.0 Å². The molecule has 1 rings (SSSR count). The second-order valence-electron chi connectivity index (χ2n) is 6.37. The number of nitrogens with zero attached hydrogens (tertiary/aromatic N) is 1. The molecule has 10 heteroatoms. The van der Waals surface area contributed by atoms with Gasteiger partial charge in [0.1, 0.15) is 6.04 Å². The quantitative estimate of drug-likeness (QED) is 0.467. The molecule has 28 heavy (non-hydrogen) atoms. The molecule has 0 radical (unpaired) electrons. The fraction of sp³-hybridized carbons (Fsp3) is 0.556. The minimum atomic E-state index is -3.80. The number of esters is 1. The number of benzene rings is 1. The smallest absolute Gasteiger partial charge is 0.319 e. The van der Waals surface area contributed by atoms with Crippen molar-refractivity contribution < 1.29 is 22.7 Å². The number of carbonyl (C=O) groups is 2. The first kappa shape index (κ1) is 24.4. The number of carbonyl (C=O) groups excluding carboxylic acids is 2. The van der Waals surface area contributed by atoms with E-state index in [2.05, 4.69) is 14.8 Å². The van der Waals surface area contributed by atoms with Crippen LogP contribution in [0, 0.1) is 6.92 Å². The van der Waals surface area contributed by atoms with E-state index in [9.17, 15) is 18.0 Å². The molecular weight excluding hydrogens is 402 g/mol. The summed E-state index contributed by atoms with van der Waals surface area (Å²) in [4.78, 5) is 25.6. The number of ether oxygens (including phenoxy) is 1. The number of likely N-dealkylation sites (N-methyl/N-ethyl adjacent to an activating group) is 1. The second kappa shape index (κ2) is 12.1. The highest BCUT2D eigenvalue weighted by Crippen LogP contribution is 2.12. The maximum Gasteiger partial charge on any atom is 0.319 e. The highest BCUT2D eigenvalue weighted by molar-refractivity contribution is 7.98. The number of sulfonamides is 1. The average Bonchev–Trinajstić information content (AvgIpc) is 2.65. The predicted octanol–water partition coefficient (Wildman–Crippen LogP) is 0.616. The Labute approximate surface area is 171 Å². The van der Waals surface area contributed by atoms with Crippen LogP contribution in [-0.4, -0.2) is 77.0 Å². The van der Waals surface area contributed by atoms with Gasteiger partial charge in [0.05, 0.1) is 18.6 Å². The fourth-order valence-electron chi connectivity index (χ4n) is 2.31. The molecule has 1 aromatic carbocycles. The Bertz CT molecular complexity index is 738. The van der Waals surface area contributed by atoms with Crippen molar-refractivity contribution in [1.29, 1.82) is 0 Å². The third-order valence-electron chi connectivity index (χ3n) is 3.98. The van der Waals surface area contributed by atoms with Crippen LogP contribution in [0.4, 0.5) is 0 Å². The van der Waals surface area contributed by atoms with Crippen LogP contribution in [0.5, 0.6) is 0 Å². The van der Waals surface area contributed by atoms with E-state index >= 15 is 0 Å². The summed E-state index contributed by atoms with van der Waals surface area (Å²) in [5.74, 6) is -0.120. The lowest BCUT2D eigenvalue weighted by Gasteiger charge is -2.20. The Morgan fingerprint density at radius 3 is 2.46 bits per heavy atom. The summed E-state index contributed by atoms with van der Waals surface area (Å²) in [6.07, 6.45) is 2.27. The van der Waals surface area contributed by atoms with E-state index in [-0.39, 0.29) is 24.0 Å². The molecule has 2 N–H and O–H groups in total. The van der Waals surface area contributed by atoms with Crippen LogP contribution in [0.1, 0.15) is 12.0 Å². The normalized spacial score (nSPS) is 12.6. The maximum atomic E-state index is 12.6. The van der Waals surface area contributed by atoms with Crippen LogP contribution in [0.3, 0.4) is 0 Å². The van der Waals surface area contributed by atoms with Crippen LogP contribution < -0.4 is 10.0 Å².